The molecule has 1 aromatic heterocycles. The van der Waals surface area contributed by atoms with Crippen LogP contribution in [-0.4, -0.2) is 23.4 Å². The van der Waals surface area contributed by atoms with E-state index in [-0.39, 0.29) is 5.69 Å². The van der Waals surface area contributed by atoms with Crippen LogP contribution in [0.2, 0.25) is 0 Å². The zero-order chi connectivity index (χ0) is 16.9. The maximum absolute atomic E-state index is 12.7. The fourth-order valence-corrected chi connectivity index (χ4v) is 1.94. The van der Waals surface area contributed by atoms with Gasteiger partial charge in [-0.1, -0.05) is 13.8 Å². The molecule has 0 saturated carbocycles. The summed E-state index contributed by atoms with van der Waals surface area (Å²) in [6.45, 7) is 4.99. The van der Waals surface area contributed by atoms with Gasteiger partial charge in [0.05, 0.1) is 18.9 Å². The molecule has 7 heteroatoms. The first-order chi connectivity index (χ1) is 10.9. The molecule has 0 bridgehead atoms. The van der Waals surface area contributed by atoms with Crippen molar-refractivity contribution in [2.45, 2.75) is 32.9 Å². The molecule has 4 nitrogen and oxygen atoms in total. The molecule has 0 unspecified atom stereocenters. The zero-order valence-corrected chi connectivity index (χ0v) is 13.0. The Hall–Kier alpha value is -2.18. The first-order valence-corrected chi connectivity index (χ1v) is 7.47. The van der Waals surface area contributed by atoms with E-state index in [1.54, 1.807) is 18.2 Å². The van der Waals surface area contributed by atoms with Gasteiger partial charge >= 0.3 is 6.18 Å². The van der Waals surface area contributed by atoms with Crippen LogP contribution < -0.4 is 9.47 Å². The highest BCUT2D eigenvalue weighted by Gasteiger charge is 2.33. The molecular formula is C16H19F3N2O2. The molecule has 1 aromatic carbocycles. The molecule has 0 aliphatic rings. The molecule has 23 heavy (non-hydrogen) atoms. The molecule has 2 rings (SSSR count). The normalized spacial score (nSPS) is 11.5. The summed E-state index contributed by atoms with van der Waals surface area (Å²) in [6, 6.07) is 6.02. The molecular weight excluding hydrogens is 309 g/mol. The van der Waals surface area contributed by atoms with Gasteiger partial charge in [0, 0.05) is 11.6 Å². The van der Waals surface area contributed by atoms with Crippen LogP contribution >= 0.6 is 0 Å². The summed E-state index contributed by atoms with van der Waals surface area (Å²) in [5.41, 5.74) is -0.180. The molecule has 0 aliphatic carbocycles. The van der Waals surface area contributed by atoms with Gasteiger partial charge in [0.1, 0.15) is 17.2 Å². The Kier molecular flexibility index (Phi) is 5.52. The number of rotatable bonds is 7. The van der Waals surface area contributed by atoms with Gasteiger partial charge in [-0.3, -0.25) is 5.10 Å². The van der Waals surface area contributed by atoms with Crippen LogP contribution in [-0.2, 0) is 6.18 Å². The molecule has 1 heterocycles. The smallest absolute Gasteiger partial charge is 0.432 e. The summed E-state index contributed by atoms with van der Waals surface area (Å²) >= 11 is 0. The van der Waals surface area contributed by atoms with Crippen LogP contribution in [0.25, 0.3) is 11.3 Å². The largest absolute Gasteiger partial charge is 0.493 e. The lowest BCUT2D eigenvalue weighted by Crippen LogP contribution is -2.04. The number of aromatic amines is 1. The lowest BCUT2D eigenvalue weighted by Gasteiger charge is -2.11. The number of hydrogen-bond acceptors (Lipinski definition) is 3. The number of benzene rings is 1. The van der Waals surface area contributed by atoms with Gasteiger partial charge in [-0.15, -0.1) is 0 Å². The third-order valence-corrected chi connectivity index (χ3v) is 3.00. The average Bonchev–Trinajstić information content (AvgIpc) is 3.01. The standard InChI is InChI=1S/C16H19F3N2O2/c1-3-5-22-12-7-11(8-13(9-12)23-6-4-2)14-10-15(21-20-14)16(17,18)19/h7-10H,3-6H2,1-2H3,(H,20,21). The maximum Gasteiger partial charge on any atom is 0.432 e. The van der Waals surface area contributed by atoms with E-state index in [0.29, 0.717) is 30.3 Å². The zero-order valence-electron chi connectivity index (χ0n) is 13.0. The summed E-state index contributed by atoms with van der Waals surface area (Å²) in [5, 5.41) is 5.75. The van der Waals surface area contributed by atoms with Crippen molar-refractivity contribution in [2.24, 2.45) is 0 Å². The molecule has 1 N–H and O–H groups in total. The minimum absolute atomic E-state index is 0.195. The predicted octanol–water partition coefficient (Wildman–Crippen LogP) is 4.67. The second-order valence-electron chi connectivity index (χ2n) is 5.05. The van der Waals surface area contributed by atoms with Gasteiger partial charge in [0.2, 0.25) is 0 Å². The van der Waals surface area contributed by atoms with Crippen LogP contribution in [0.1, 0.15) is 32.4 Å². The molecule has 2 aromatic rings. The van der Waals surface area contributed by atoms with Crippen LogP contribution in [0, 0.1) is 0 Å². The minimum Gasteiger partial charge on any atom is -0.493 e. The first-order valence-electron chi connectivity index (χ1n) is 7.47. The molecule has 0 aliphatic heterocycles. The van der Waals surface area contributed by atoms with Gasteiger partial charge in [-0.05, 0) is 31.0 Å². The summed E-state index contributed by atoms with van der Waals surface area (Å²) in [4.78, 5) is 0. The lowest BCUT2D eigenvalue weighted by molar-refractivity contribution is -0.141. The number of nitrogens with zero attached hydrogens (tertiary/aromatic N) is 1. The van der Waals surface area contributed by atoms with Crippen molar-refractivity contribution < 1.29 is 22.6 Å². The van der Waals surface area contributed by atoms with Gasteiger partial charge in [-0.25, -0.2) is 0 Å². The Morgan fingerprint density at radius 1 is 0.957 bits per heavy atom. The SMILES string of the molecule is CCCOc1cc(OCCC)cc(-c2cc(C(F)(F)F)[nH]n2)c1. The van der Waals surface area contributed by atoms with E-state index in [2.05, 4.69) is 5.10 Å². The number of hydrogen-bond donors (Lipinski definition) is 1. The second-order valence-corrected chi connectivity index (χ2v) is 5.05. The molecule has 0 radical (unpaired) electrons. The molecule has 0 fully saturated rings. The number of alkyl halides is 3. The second kappa shape index (κ2) is 7.39. The molecule has 126 valence electrons. The highest BCUT2D eigenvalue weighted by atomic mass is 19.4. The van der Waals surface area contributed by atoms with Crippen molar-refractivity contribution in [2.75, 3.05) is 13.2 Å². The van der Waals surface area contributed by atoms with E-state index in [4.69, 9.17) is 9.47 Å². The Morgan fingerprint density at radius 2 is 1.52 bits per heavy atom. The van der Waals surface area contributed by atoms with Gasteiger partial charge < -0.3 is 9.47 Å². The van der Waals surface area contributed by atoms with E-state index in [1.165, 1.54) is 0 Å². The predicted molar refractivity (Wildman–Crippen MR) is 80.6 cm³/mol. The highest BCUT2D eigenvalue weighted by molar-refractivity contribution is 5.64. The average molecular weight is 328 g/mol. The van der Waals surface area contributed by atoms with Crippen molar-refractivity contribution >= 4 is 0 Å². The summed E-state index contributed by atoms with van der Waals surface area (Å²) in [6.07, 6.45) is -2.80. The summed E-state index contributed by atoms with van der Waals surface area (Å²) < 4.78 is 49.2. The third kappa shape index (κ3) is 4.64. The van der Waals surface area contributed by atoms with E-state index in [9.17, 15) is 13.2 Å². The fraction of sp³-hybridized carbons (Fsp3) is 0.438. The first kappa shape index (κ1) is 17.2. The van der Waals surface area contributed by atoms with Crippen molar-refractivity contribution in [1.29, 1.82) is 0 Å². The maximum atomic E-state index is 12.7. The molecule has 0 saturated heterocycles. The number of aromatic nitrogens is 2. The highest BCUT2D eigenvalue weighted by Crippen LogP contribution is 2.33. The lowest BCUT2D eigenvalue weighted by atomic mass is 10.1. The quantitative estimate of drug-likeness (QED) is 0.803. The van der Waals surface area contributed by atoms with Crippen molar-refractivity contribution in [1.82, 2.24) is 10.2 Å². The molecule has 0 amide bonds. The van der Waals surface area contributed by atoms with Gasteiger partial charge in [0.15, 0.2) is 0 Å². The Labute approximate surface area is 132 Å². The molecule has 0 atom stereocenters. The fourth-order valence-electron chi connectivity index (χ4n) is 1.94. The number of H-pyrrole nitrogens is 1. The van der Waals surface area contributed by atoms with Crippen LogP contribution in [0.4, 0.5) is 13.2 Å². The Balaban J connectivity index is 2.33. The van der Waals surface area contributed by atoms with E-state index < -0.39 is 11.9 Å². The number of halogens is 3. The minimum atomic E-state index is -4.46. The van der Waals surface area contributed by atoms with E-state index in [0.717, 1.165) is 18.9 Å². The van der Waals surface area contributed by atoms with Gasteiger partial charge in [-0.2, -0.15) is 18.3 Å². The van der Waals surface area contributed by atoms with Crippen molar-refractivity contribution in [3.05, 3.63) is 30.0 Å². The topological polar surface area (TPSA) is 47.1 Å². The Bertz CT molecular complexity index is 612. The van der Waals surface area contributed by atoms with Crippen LogP contribution in [0.5, 0.6) is 11.5 Å². The van der Waals surface area contributed by atoms with Crippen LogP contribution in [0.15, 0.2) is 24.3 Å². The number of nitrogens with one attached hydrogen (secondary N) is 1. The number of ether oxygens (including phenoxy) is 2. The van der Waals surface area contributed by atoms with Gasteiger partial charge in [0.25, 0.3) is 0 Å². The summed E-state index contributed by atoms with van der Waals surface area (Å²) in [7, 11) is 0. The molecule has 0 spiro atoms. The summed E-state index contributed by atoms with van der Waals surface area (Å²) in [5.74, 6) is 1.10. The Morgan fingerprint density at radius 3 is 1.96 bits per heavy atom. The van der Waals surface area contributed by atoms with Crippen LogP contribution in [0.3, 0.4) is 0 Å². The van der Waals surface area contributed by atoms with E-state index >= 15 is 0 Å². The van der Waals surface area contributed by atoms with Crippen molar-refractivity contribution in [3.8, 4) is 22.8 Å². The third-order valence-electron chi connectivity index (χ3n) is 3.00. The monoisotopic (exact) mass is 328 g/mol. The van der Waals surface area contributed by atoms with Crippen molar-refractivity contribution in [3.63, 3.8) is 0 Å². The van der Waals surface area contributed by atoms with E-state index in [1.807, 2.05) is 18.9 Å².